The van der Waals surface area contributed by atoms with Crippen molar-refractivity contribution in [3.05, 3.63) is 116 Å². The number of carbonyl (C=O) groups excluding carboxylic acids is 2. The standard InChI is InChI=1S/C27H22ClN5O6/c1-17-13-25(33(36)37)31-32(17)16-18-3-6-20(7-4-18)26(34)30-29-15-19-5-12-23(24(14-19)38-2)39-27(35)21-8-10-22(28)11-9-21/h3-15H,16H2,1-2H3,(H,30,34)/b29-15+. The number of aryl methyl sites for hydroxylation is 1. The molecule has 12 heteroatoms. The fraction of sp³-hybridized carbons (Fsp3) is 0.111. The highest BCUT2D eigenvalue weighted by Gasteiger charge is 2.16. The van der Waals surface area contributed by atoms with Gasteiger partial charge in [-0.3, -0.25) is 4.79 Å². The number of hydrogen-bond donors (Lipinski definition) is 1. The molecule has 0 aliphatic rings. The summed E-state index contributed by atoms with van der Waals surface area (Å²) >= 11 is 5.85. The topological polar surface area (TPSA) is 138 Å². The zero-order chi connectivity index (χ0) is 27.9. The van der Waals surface area contributed by atoms with Crippen LogP contribution in [0.2, 0.25) is 5.02 Å². The van der Waals surface area contributed by atoms with Gasteiger partial charge in [-0.1, -0.05) is 23.7 Å². The number of nitrogens with one attached hydrogen (secondary N) is 1. The zero-order valence-corrected chi connectivity index (χ0v) is 21.6. The molecule has 0 aliphatic heterocycles. The summed E-state index contributed by atoms with van der Waals surface area (Å²) in [6, 6.07) is 19.2. The Balaban J connectivity index is 1.35. The number of hydrogen-bond acceptors (Lipinski definition) is 8. The van der Waals surface area contributed by atoms with Gasteiger partial charge in [-0.15, -0.1) is 0 Å². The van der Waals surface area contributed by atoms with Crippen molar-refractivity contribution in [2.24, 2.45) is 5.10 Å². The molecule has 0 fully saturated rings. The molecule has 0 spiro atoms. The maximum absolute atomic E-state index is 12.5. The van der Waals surface area contributed by atoms with E-state index in [2.05, 4.69) is 15.6 Å². The van der Waals surface area contributed by atoms with Gasteiger partial charge in [0.25, 0.3) is 5.91 Å². The van der Waals surface area contributed by atoms with Gasteiger partial charge in [-0.05, 0) is 77.6 Å². The third-order valence-corrected chi connectivity index (χ3v) is 5.81. The van der Waals surface area contributed by atoms with Crippen LogP contribution in [0.4, 0.5) is 5.82 Å². The number of hydrazone groups is 1. The van der Waals surface area contributed by atoms with Crippen LogP contribution < -0.4 is 14.9 Å². The molecular weight excluding hydrogens is 526 g/mol. The molecule has 0 atom stereocenters. The van der Waals surface area contributed by atoms with E-state index in [9.17, 15) is 19.7 Å². The van der Waals surface area contributed by atoms with Crippen molar-refractivity contribution in [3.63, 3.8) is 0 Å². The van der Waals surface area contributed by atoms with E-state index < -0.39 is 16.8 Å². The van der Waals surface area contributed by atoms with Gasteiger partial charge < -0.3 is 19.6 Å². The highest BCUT2D eigenvalue weighted by atomic mass is 35.5. The molecule has 1 aromatic heterocycles. The summed E-state index contributed by atoms with van der Waals surface area (Å²) in [4.78, 5) is 35.2. The first-order chi connectivity index (χ1) is 18.7. The molecule has 0 bridgehead atoms. The van der Waals surface area contributed by atoms with Crippen molar-refractivity contribution >= 4 is 35.5 Å². The number of methoxy groups -OCH3 is 1. The maximum Gasteiger partial charge on any atom is 0.390 e. The number of rotatable bonds is 9. The molecule has 4 rings (SSSR count). The van der Waals surface area contributed by atoms with Crippen molar-refractivity contribution in [3.8, 4) is 11.5 Å². The summed E-state index contributed by atoms with van der Waals surface area (Å²) in [6.07, 6.45) is 1.42. The summed E-state index contributed by atoms with van der Waals surface area (Å²) in [5, 5.41) is 19.4. The molecule has 0 saturated carbocycles. The summed E-state index contributed by atoms with van der Waals surface area (Å²) in [6.45, 7) is 2.06. The minimum atomic E-state index is -0.564. The number of nitrogens with zero attached hydrogens (tertiary/aromatic N) is 4. The van der Waals surface area contributed by atoms with E-state index in [-0.39, 0.29) is 11.6 Å². The van der Waals surface area contributed by atoms with Gasteiger partial charge in [-0.2, -0.15) is 9.78 Å². The van der Waals surface area contributed by atoms with Crippen LogP contribution in [0, 0.1) is 17.0 Å². The molecule has 1 amide bonds. The third kappa shape index (κ3) is 6.84. The Bertz CT molecular complexity index is 1550. The molecule has 0 radical (unpaired) electrons. The van der Waals surface area contributed by atoms with Gasteiger partial charge in [0.2, 0.25) is 0 Å². The minimum absolute atomic E-state index is 0.215. The number of nitro groups is 1. The molecule has 3 aromatic carbocycles. The fourth-order valence-electron chi connectivity index (χ4n) is 3.50. The van der Waals surface area contributed by atoms with Gasteiger partial charge in [0.1, 0.15) is 0 Å². The highest BCUT2D eigenvalue weighted by molar-refractivity contribution is 6.30. The molecule has 0 saturated heterocycles. The average molecular weight is 548 g/mol. The van der Waals surface area contributed by atoms with Gasteiger partial charge in [0.15, 0.2) is 11.5 Å². The lowest BCUT2D eigenvalue weighted by Gasteiger charge is -2.10. The Morgan fingerprint density at radius 1 is 1.05 bits per heavy atom. The average Bonchev–Trinajstić information content (AvgIpc) is 3.30. The Morgan fingerprint density at radius 2 is 1.74 bits per heavy atom. The van der Waals surface area contributed by atoms with Crippen LogP contribution in [0.5, 0.6) is 11.5 Å². The Morgan fingerprint density at radius 3 is 2.38 bits per heavy atom. The number of carbonyl (C=O) groups is 2. The summed E-state index contributed by atoms with van der Waals surface area (Å²) in [5.74, 6) is -0.679. The second kappa shape index (κ2) is 12.0. The number of benzene rings is 3. The molecule has 11 nitrogen and oxygen atoms in total. The lowest BCUT2D eigenvalue weighted by atomic mass is 10.1. The Labute approximate surface area is 227 Å². The normalized spacial score (nSPS) is 10.8. The monoisotopic (exact) mass is 547 g/mol. The second-order valence-corrected chi connectivity index (χ2v) is 8.70. The van der Waals surface area contributed by atoms with Gasteiger partial charge in [0.05, 0.1) is 42.3 Å². The number of ether oxygens (including phenoxy) is 2. The van der Waals surface area contributed by atoms with E-state index in [1.165, 1.54) is 24.1 Å². The van der Waals surface area contributed by atoms with Crippen molar-refractivity contribution in [1.29, 1.82) is 0 Å². The Hall–Kier alpha value is -5.03. The maximum atomic E-state index is 12.5. The summed E-state index contributed by atoms with van der Waals surface area (Å²) in [7, 11) is 1.44. The van der Waals surface area contributed by atoms with Crippen molar-refractivity contribution in [2.75, 3.05) is 7.11 Å². The van der Waals surface area contributed by atoms with Crippen LogP contribution >= 0.6 is 11.6 Å². The van der Waals surface area contributed by atoms with Crippen molar-refractivity contribution in [1.82, 2.24) is 15.2 Å². The van der Waals surface area contributed by atoms with Crippen LogP contribution in [0.3, 0.4) is 0 Å². The molecule has 1 heterocycles. The van der Waals surface area contributed by atoms with Gasteiger partial charge >= 0.3 is 11.8 Å². The quantitative estimate of drug-likeness (QED) is 0.104. The molecule has 198 valence electrons. The van der Waals surface area contributed by atoms with Crippen molar-refractivity contribution < 1.29 is 24.0 Å². The SMILES string of the molecule is COc1cc(/C=N/NC(=O)c2ccc(Cn3nc([N+](=O)[O-])cc3C)cc2)ccc1OC(=O)c1ccc(Cl)cc1. The molecule has 1 N–H and O–H groups in total. The van der Waals surface area contributed by atoms with Crippen LogP contribution in [0.25, 0.3) is 0 Å². The lowest BCUT2D eigenvalue weighted by molar-refractivity contribution is -0.389. The van der Waals surface area contributed by atoms with E-state index in [0.717, 1.165) is 5.56 Å². The molecule has 4 aromatic rings. The summed E-state index contributed by atoms with van der Waals surface area (Å²) in [5.41, 5.74) is 5.23. The molecular formula is C27H22ClN5O6. The van der Waals surface area contributed by atoms with Crippen LogP contribution in [-0.4, -0.2) is 39.9 Å². The van der Waals surface area contributed by atoms with Crippen LogP contribution in [-0.2, 0) is 6.54 Å². The first-order valence-electron chi connectivity index (χ1n) is 11.5. The minimum Gasteiger partial charge on any atom is -0.493 e. The number of halogens is 1. The van der Waals surface area contributed by atoms with E-state index in [4.69, 9.17) is 21.1 Å². The van der Waals surface area contributed by atoms with Crippen LogP contribution in [0.15, 0.2) is 77.9 Å². The van der Waals surface area contributed by atoms with E-state index in [1.807, 2.05) is 0 Å². The fourth-order valence-corrected chi connectivity index (χ4v) is 3.63. The smallest absolute Gasteiger partial charge is 0.390 e. The zero-order valence-electron chi connectivity index (χ0n) is 20.8. The third-order valence-electron chi connectivity index (χ3n) is 5.55. The number of esters is 1. The first-order valence-corrected chi connectivity index (χ1v) is 11.9. The van der Waals surface area contributed by atoms with E-state index in [0.29, 0.717) is 39.7 Å². The predicted octanol–water partition coefficient (Wildman–Crippen LogP) is 4.79. The van der Waals surface area contributed by atoms with E-state index >= 15 is 0 Å². The van der Waals surface area contributed by atoms with Gasteiger partial charge in [0, 0.05) is 10.6 Å². The number of amides is 1. The number of aromatic nitrogens is 2. The van der Waals surface area contributed by atoms with Gasteiger partial charge in [-0.25, -0.2) is 10.2 Å². The lowest BCUT2D eigenvalue weighted by Crippen LogP contribution is -2.17. The van der Waals surface area contributed by atoms with E-state index in [1.54, 1.807) is 73.7 Å². The molecule has 0 unspecified atom stereocenters. The molecule has 0 aliphatic carbocycles. The Kier molecular flexibility index (Phi) is 8.32. The van der Waals surface area contributed by atoms with Crippen molar-refractivity contribution in [2.45, 2.75) is 13.5 Å². The largest absolute Gasteiger partial charge is 0.493 e. The predicted molar refractivity (Wildman–Crippen MR) is 144 cm³/mol. The highest BCUT2D eigenvalue weighted by Crippen LogP contribution is 2.28. The summed E-state index contributed by atoms with van der Waals surface area (Å²) < 4.78 is 12.3. The molecule has 39 heavy (non-hydrogen) atoms. The first kappa shape index (κ1) is 27.0. The van der Waals surface area contributed by atoms with Crippen LogP contribution in [0.1, 0.15) is 37.5 Å². The second-order valence-electron chi connectivity index (χ2n) is 8.26.